The third-order valence-corrected chi connectivity index (χ3v) is 5.46. The van der Waals surface area contributed by atoms with Crippen molar-refractivity contribution in [1.82, 2.24) is 9.97 Å². The van der Waals surface area contributed by atoms with Gasteiger partial charge in [-0.2, -0.15) is 10.2 Å². The van der Waals surface area contributed by atoms with E-state index in [1.807, 2.05) is 13.0 Å². The molecule has 0 bridgehead atoms. The van der Waals surface area contributed by atoms with Crippen LogP contribution in [0.5, 0.6) is 5.75 Å². The average Bonchev–Trinajstić information content (AvgIpc) is 2.73. The van der Waals surface area contributed by atoms with Crippen molar-refractivity contribution in [2.24, 2.45) is 5.14 Å². The van der Waals surface area contributed by atoms with Crippen LogP contribution in [0.2, 0.25) is 0 Å². The Morgan fingerprint density at radius 1 is 1.12 bits per heavy atom. The number of benzene rings is 2. The lowest BCUT2D eigenvalue weighted by Gasteiger charge is -2.13. The monoisotopic (exact) mass is 456 g/mol. The number of aryl methyl sites for hydroxylation is 2. The van der Waals surface area contributed by atoms with Crippen molar-refractivity contribution in [3.63, 3.8) is 0 Å². The molecule has 166 valence electrons. The second-order valence-corrected chi connectivity index (χ2v) is 8.43. The molecular weight excluding hydrogens is 435 g/mol. The number of sulfonamides is 1. The first kappa shape index (κ1) is 22.9. The summed E-state index contributed by atoms with van der Waals surface area (Å²) >= 11 is 0. The Morgan fingerprint density at radius 3 is 2.53 bits per heavy atom. The highest BCUT2D eigenvalue weighted by Gasteiger charge is 2.14. The number of nitrogens with one attached hydrogen (secondary N) is 2. The minimum atomic E-state index is -3.90. The zero-order valence-corrected chi connectivity index (χ0v) is 18.2. The molecule has 0 atom stereocenters. The van der Waals surface area contributed by atoms with Crippen molar-refractivity contribution < 1.29 is 17.5 Å². The molecule has 1 aromatic heterocycles. The molecule has 11 heteroatoms. The van der Waals surface area contributed by atoms with Crippen molar-refractivity contribution >= 4 is 33.2 Å². The van der Waals surface area contributed by atoms with Gasteiger partial charge in [0.05, 0.1) is 23.6 Å². The van der Waals surface area contributed by atoms with Crippen LogP contribution in [0, 0.1) is 31.0 Å². The first-order valence-corrected chi connectivity index (χ1v) is 11.0. The summed E-state index contributed by atoms with van der Waals surface area (Å²) in [5, 5.41) is 19.6. The molecule has 3 rings (SSSR count). The van der Waals surface area contributed by atoms with E-state index in [1.54, 1.807) is 37.3 Å². The van der Waals surface area contributed by atoms with E-state index in [0.717, 1.165) is 11.8 Å². The van der Waals surface area contributed by atoms with E-state index in [0.29, 0.717) is 22.7 Å². The smallest absolute Gasteiger partial charge is 0.238 e. The van der Waals surface area contributed by atoms with Gasteiger partial charge in [0.25, 0.3) is 0 Å². The molecule has 0 radical (unpaired) electrons. The van der Waals surface area contributed by atoms with Crippen LogP contribution in [0.4, 0.5) is 27.5 Å². The number of ether oxygens (including phenoxy) is 1. The summed E-state index contributed by atoms with van der Waals surface area (Å²) in [5.41, 5.74) is 2.25. The topological polar surface area (TPSA) is 143 Å². The van der Waals surface area contributed by atoms with Crippen LogP contribution >= 0.6 is 0 Å². The summed E-state index contributed by atoms with van der Waals surface area (Å²) in [4.78, 5) is 8.00. The van der Waals surface area contributed by atoms with Gasteiger partial charge in [-0.1, -0.05) is 6.07 Å². The van der Waals surface area contributed by atoms with Crippen molar-refractivity contribution in [3.8, 4) is 11.8 Å². The molecule has 3 aromatic rings. The second-order valence-electron chi connectivity index (χ2n) is 6.90. The Morgan fingerprint density at radius 2 is 1.84 bits per heavy atom. The Kier molecular flexibility index (Phi) is 6.87. The van der Waals surface area contributed by atoms with E-state index in [1.165, 1.54) is 6.07 Å². The lowest BCUT2D eigenvalue weighted by molar-refractivity contribution is 0.324. The molecule has 0 unspecified atom stereocenters. The highest BCUT2D eigenvalue weighted by Crippen LogP contribution is 2.26. The van der Waals surface area contributed by atoms with Gasteiger partial charge in [-0.25, -0.2) is 22.9 Å². The predicted molar refractivity (Wildman–Crippen MR) is 118 cm³/mol. The molecule has 9 nitrogen and oxygen atoms in total. The third-order valence-electron chi connectivity index (χ3n) is 4.40. The van der Waals surface area contributed by atoms with Crippen LogP contribution in [0.25, 0.3) is 0 Å². The van der Waals surface area contributed by atoms with Gasteiger partial charge in [-0.05, 0) is 55.3 Å². The molecule has 0 aliphatic carbocycles. The normalized spacial score (nSPS) is 11.0. The number of nitriles is 1. The largest absolute Gasteiger partial charge is 0.492 e. The number of anilines is 4. The molecule has 2 aromatic carbocycles. The van der Waals surface area contributed by atoms with Crippen LogP contribution in [0.3, 0.4) is 0 Å². The van der Waals surface area contributed by atoms with Gasteiger partial charge in [0.2, 0.25) is 16.0 Å². The summed E-state index contributed by atoms with van der Waals surface area (Å²) in [6.07, 6.45) is 1.28. The van der Waals surface area contributed by atoms with E-state index in [2.05, 4.69) is 20.6 Å². The molecule has 0 spiro atoms. The summed E-state index contributed by atoms with van der Waals surface area (Å²) in [7, 11) is -3.90. The highest BCUT2D eigenvalue weighted by molar-refractivity contribution is 7.89. The van der Waals surface area contributed by atoms with E-state index in [9.17, 15) is 12.8 Å². The van der Waals surface area contributed by atoms with Crippen molar-refractivity contribution in [1.29, 1.82) is 5.26 Å². The van der Waals surface area contributed by atoms with E-state index in [-0.39, 0.29) is 29.7 Å². The molecule has 0 aliphatic rings. The Balaban J connectivity index is 1.80. The standard InChI is InChI=1S/C21H21FN6O3S/c1-13-4-5-16(11-19(13)32(24,29)30)27-21-25-12-17(22)20(28-21)26-15-6-7-18(14(2)10-15)31-9-3-8-23/h4-7,10-12H,3,9H2,1-2H3,(H2,24,29,30)(H2,25,26,27,28). The van der Waals surface area contributed by atoms with Gasteiger partial charge in [0.15, 0.2) is 11.6 Å². The maximum atomic E-state index is 14.3. The molecule has 1 heterocycles. The summed E-state index contributed by atoms with van der Waals surface area (Å²) in [6.45, 7) is 3.74. The fraction of sp³-hybridized carbons (Fsp3) is 0.190. The zero-order valence-electron chi connectivity index (χ0n) is 17.4. The Hall–Kier alpha value is -3.75. The Bertz CT molecular complexity index is 1290. The van der Waals surface area contributed by atoms with Crippen molar-refractivity contribution in [3.05, 3.63) is 59.5 Å². The first-order chi connectivity index (χ1) is 15.2. The summed E-state index contributed by atoms with van der Waals surface area (Å²) < 4.78 is 43.3. The molecule has 0 amide bonds. The van der Waals surface area contributed by atoms with Crippen LogP contribution < -0.4 is 20.5 Å². The summed E-state index contributed by atoms with van der Waals surface area (Å²) in [6, 6.07) is 11.8. The molecule has 0 aliphatic heterocycles. The van der Waals surface area contributed by atoms with Crippen LogP contribution in [-0.4, -0.2) is 25.0 Å². The number of halogens is 1. The van der Waals surface area contributed by atoms with Gasteiger partial charge in [0, 0.05) is 11.4 Å². The highest BCUT2D eigenvalue weighted by atomic mass is 32.2. The lowest BCUT2D eigenvalue weighted by Crippen LogP contribution is -2.14. The fourth-order valence-corrected chi connectivity index (χ4v) is 3.67. The quantitative estimate of drug-likeness (QED) is 0.436. The van der Waals surface area contributed by atoms with Crippen molar-refractivity contribution in [2.45, 2.75) is 25.2 Å². The van der Waals surface area contributed by atoms with Gasteiger partial charge < -0.3 is 15.4 Å². The fourth-order valence-electron chi connectivity index (χ4n) is 2.86. The number of rotatable bonds is 8. The van der Waals surface area contributed by atoms with E-state index < -0.39 is 15.8 Å². The number of primary sulfonamides is 1. The summed E-state index contributed by atoms with van der Waals surface area (Å²) in [5.74, 6) is -0.0526. The second kappa shape index (κ2) is 9.59. The molecule has 4 N–H and O–H groups in total. The third kappa shape index (κ3) is 5.69. The molecule has 32 heavy (non-hydrogen) atoms. The Labute approximate surface area is 185 Å². The van der Waals surface area contributed by atoms with E-state index >= 15 is 0 Å². The maximum Gasteiger partial charge on any atom is 0.238 e. The van der Waals surface area contributed by atoms with Crippen LogP contribution in [-0.2, 0) is 10.0 Å². The minimum Gasteiger partial charge on any atom is -0.492 e. The molecular formula is C21H21FN6O3S. The number of nitrogens with two attached hydrogens (primary N) is 1. The molecule has 0 saturated carbocycles. The average molecular weight is 457 g/mol. The van der Waals surface area contributed by atoms with Crippen LogP contribution in [0.15, 0.2) is 47.5 Å². The number of hydrogen-bond donors (Lipinski definition) is 3. The first-order valence-electron chi connectivity index (χ1n) is 9.48. The van der Waals surface area contributed by atoms with Gasteiger partial charge in [-0.3, -0.25) is 0 Å². The zero-order chi connectivity index (χ0) is 23.3. The van der Waals surface area contributed by atoms with E-state index in [4.69, 9.17) is 15.1 Å². The number of aromatic nitrogens is 2. The number of nitrogens with zero attached hydrogens (tertiary/aromatic N) is 3. The molecule has 0 saturated heterocycles. The van der Waals surface area contributed by atoms with Crippen LogP contribution in [0.1, 0.15) is 17.5 Å². The predicted octanol–water partition coefficient (Wildman–Crippen LogP) is 3.66. The van der Waals surface area contributed by atoms with Crippen molar-refractivity contribution in [2.75, 3.05) is 17.2 Å². The molecule has 0 fully saturated rings. The number of hydrogen-bond acceptors (Lipinski definition) is 8. The SMILES string of the molecule is Cc1cc(Nc2nc(Nc3ccc(C)c(S(N)(=O)=O)c3)ncc2F)ccc1OCCC#N. The van der Waals surface area contributed by atoms with Gasteiger partial charge >= 0.3 is 0 Å². The lowest BCUT2D eigenvalue weighted by atomic mass is 10.2. The maximum absolute atomic E-state index is 14.3. The minimum absolute atomic E-state index is 0.0319. The van der Waals surface area contributed by atoms with Gasteiger partial charge in [-0.15, -0.1) is 0 Å². The van der Waals surface area contributed by atoms with Gasteiger partial charge in [0.1, 0.15) is 12.4 Å².